The molecule has 0 saturated carbocycles. The molecule has 2 saturated heterocycles. The Morgan fingerprint density at radius 3 is 2.54 bits per heavy atom. The first-order valence-corrected chi connectivity index (χ1v) is 5.33. The summed E-state index contributed by atoms with van der Waals surface area (Å²) in [7, 11) is 0. The quantitative estimate of drug-likeness (QED) is 0.659. The standard InChI is InChI=1S/C11H20N2/c1-10(2)13-8-5-11(9-13)3-6-12-7-4-11/h12H,1,3-9H2,2H3. The molecule has 0 aromatic carbocycles. The summed E-state index contributed by atoms with van der Waals surface area (Å²) in [4.78, 5) is 2.45. The summed E-state index contributed by atoms with van der Waals surface area (Å²) in [5, 5.41) is 3.44. The van der Waals surface area contributed by atoms with Crippen molar-refractivity contribution in [2.45, 2.75) is 26.2 Å². The van der Waals surface area contributed by atoms with Gasteiger partial charge < -0.3 is 10.2 Å². The first kappa shape index (κ1) is 9.07. The highest BCUT2D eigenvalue weighted by molar-refractivity contribution is 5.00. The van der Waals surface area contributed by atoms with Crippen molar-refractivity contribution in [1.29, 1.82) is 0 Å². The number of rotatable bonds is 1. The molecule has 0 aromatic heterocycles. The highest BCUT2D eigenvalue weighted by atomic mass is 15.2. The Morgan fingerprint density at radius 1 is 1.31 bits per heavy atom. The smallest absolute Gasteiger partial charge is 0.0232 e. The lowest BCUT2D eigenvalue weighted by molar-refractivity contribution is 0.209. The molecular formula is C11H20N2. The van der Waals surface area contributed by atoms with Crippen LogP contribution in [0.4, 0.5) is 0 Å². The summed E-state index contributed by atoms with van der Waals surface area (Å²) in [6.45, 7) is 11.1. The van der Waals surface area contributed by atoms with Crippen molar-refractivity contribution in [3.63, 3.8) is 0 Å². The van der Waals surface area contributed by atoms with Crippen molar-refractivity contribution >= 4 is 0 Å². The van der Waals surface area contributed by atoms with E-state index in [1.54, 1.807) is 0 Å². The first-order chi connectivity index (χ1) is 6.22. The highest BCUT2D eigenvalue weighted by Gasteiger charge is 2.38. The summed E-state index contributed by atoms with van der Waals surface area (Å²) in [5.74, 6) is 0. The lowest BCUT2D eigenvalue weighted by Crippen LogP contribution is -2.38. The van der Waals surface area contributed by atoms with E-state index in [0.29, 0.717) is 5.41 Å². The summed E-state index contributed by atoms with van der Waals surface area (Å²) in [6.07, 6.45) is 4.09. The second-order valence-corrected chi connectivity index (χ2v) is 4.66. The first-order valence-electron chi connectivity index (χ1n) is 5.33. The van der Waals surface area contributed by atoms with Crippen molar-refractivity contribution < 1.29 is 0 Å². The number of nitrogens with zero attached hydrogens (tertiary/aromatic N) is 1. The van der Waals surface area contributed by atoms with Gasteiger partial charge in [-0.05, 0) is 44.7 Å². The molecule has 2 fully saturated rings. The molecule has 0 unspecified atom stereocenters. The van der Waals surface area contributed by atoms with E-state index >= 15 is 0 Å². The van der Waals surface area contributed by atoms with E-state index in [1.807, 2.05) is 0 Å². The number of allylic oxidation sites excluding steroid dienone is 1. The Morgan fingerprint density at radius 2 is 2.00 bits per heavy atom. The average molecular weight is 180 g/mol. The van der Waals surface area contributed by atoms with E-state index in [9.17, 15) is 0 Å². The molecule has 74 valence electrons. The predicted molar refractivity (Wildman–Crippen MR) is 55.5 cm³/mol. The van der Waals surface area contributed by atoms with Crippen LogP contribution in [0.15, 0.2) is 12.3 Å². The van der Waals surface area contributed by atoms with E-state index in [-0.39, 0.29) is 0 Å². The topological polar surface area (TPSA) is 15.3 Å². The van der Waals surface area contributed by atoms with Crippen LogP contribution in [0, 0.1) is 5.41 Å². The number of hydrogen-bond donors (Lipinski definition) is 1. The molecule has 1 spiro atoms. The van der Waals surface area contributed by atoms with Gasteiger partial charge in [-0.2, -0.15) is 0 Å². The SMILES string of the molecule is C=C(C)N1CCC2(CCNCC2)C1. The molecule has 0 amide bonds. The van der Waals surface area contributed by atoms with Crippen LogP contribution in [-0.4, -0.2) is 31.1 Å². The third kappa shape index (κ3) is 1.73. The van der Waals surface area contributed by atoms with E-state index in [4.69, 9.17) is 0 Å². The fourth-order valence-electron chi connectivity index (χ4n) is 2.63. The van der Waals surface area contributed by atoms with Crippen LogP contribution in [-0.2, 0) is 0 Å². The number of hydrogen-bond acceptors (Lipinski definition) is 2. The summed E-state index contributed by atoms with van der Waals surface area (Å²) < 4.78 is 0. The van der Waals surface area contributed by atoms with Gasteiger partial charge in [0.1, 0.15) is 0 Å². The minimum atomic E-state index is 0.629. The van der Waals surface area contributed by atoms with E-state index in [0.717, 1.165) is 0 Å². The van der Waals surface area contributed by atoms with Gasteiger partial charge in [-0.15, -0.1) is 0 Å². The summed E-state index contributed by atoms with van der Waals surface area (Å²) >= 11 is 0. The van der Waals surface area contributed by atoms with E-state index < -0.39 is 0 Å². The molecule has 0 atom stereocenters. The minimum absolute atomic E-state index is 0.629. The Kier molecular flexibility index (Phi) is 2.33. The van der Waals surface area contributed by atoms with Crippen LogP contribution in [0.3, 0.4) is 0 Å². The number of likely N-dealkylation sites (tertiary alicyclic amines) is 1. The lowest BCUT2D eigenvalue weighted by atomic mass is 9.78. The Bertz CT molecular complexity index is 204. The minimum Gasteiger partial charge on any atom is -0.375 e. The van der Waals surface area contributed by atoms with Crippen molar-refractivity contribution in [3.05, 3.63) is 12.3 Å². The van der Waals surface area contributed by atoms with Crippen molar-refractivity contribution in [3.8, 4) is 0 Å². The molecule has 2 heteroatoms. The lowest BCUT2D eigenvalue weighted by Gasteiger charge is -2.34. The molecule has 2 heterocycles. The van der Waals surface area contributed by atoms with Crippen LogP contribution in [0.1, 0.15) is 26.2 Å². The molecular weight excluding hydrogens is 160 g/mol. The van der Waals surface area contributed by atoms with Gasteiger partial charge >= 0.3 is 0 Å². The van der Waals surface area contributed by atoms with Gasteiger partial charge in [0.05, 0.1) is 0 Å². The van der Waals surface area contributed by atoms with E-state index in [2.05, 4.69) is 23.7 Å². The normalized spacial score (nSPS) is 26.7. The fraction of sp³-hybridized carbons (Fsp3) is 0.818. The third-order valence-electron chi connectivity index (χ3n) is 3.64. The second kappa shape index (κ2) is 3.33. The maximum Gasteiger partial charge on any atom is 0.0232 e. The maximum atomic E-state index is 4.03. The summed E-state index contributed by atoms with van der Waals surface area (Å²) in [5.41, 5.74) is 1.87. The Hall–Kier alpha value is -0.500. The highest BCUT2D eigenvalue weighted by Crippen LogP contribution is 2.39. The third-order valence-corrected chi connectivity index (χ3v) is 3.64. The molecule has 0 radical (unpaired) electrons. The van der Waals surface area contributed by atoms with Crippen LogP contribution in [0.5, 0.6) is 0 Å². The Balaban J connectivity index is 1.98. The molecule has 0 aliphatic carbocycles. The second-order valence-electron chi connectivity index (χ2n) is 4.66. The molecule has 13 heavy (non-hydrogen) atoms. The zero-order chi connectivity index (χ0) is 9.31. The Labute approximate surface area is 81.0 Å². The number of piperidine rings is 1. The van der Waals surface area contributed by atoms with E-state index in [1.165, 1.54) is 51.1 Å². The largest absolute Gasteiger partial charge is 0.375 e. The number of nitrogens with one attached hydrogen (secondary N) is 1. The monoisotopic (exact) mass is 180 g/mol. The van der Waals surface area contributed by atoms with Crippen molar-refractivity contribution in [2.75, 3.05) is 26.2 Å². The summed E-state index contributed by atoms with van der Waals surface area (Å²) in [6, 6.07) is 0. The van der Waals surface area contributed by atoms with Gasteiger partial charge in [0, 0.05) is 18.8 Å². The zero-order valence-electron chi connectivity index (χ0n) is 8.60. The van der Waals surface area contributed by atoms with Gasteiger partial charge in [-0.1, -0.05) is 6.58 Å². The molecule has 1 N–H and O–H groups in total. The molecule has 2 aliphatic rings. The van der Waals surface area contributed by atoms with Crippen molar-refractivity contribution in [1.82, 2.24) is 10.2 Å². The fourth-order valence-corrected chi connectivity index (χ4v) is 2.63. The molecule has 2 nitrogen and oxygen atoms in total. The van der Waals surface area contributed by atoms with Gasteiger partial charge in [-0.25, -0.2) is 0 Å². The van der Waals surface area contributed by atoms with Gasteiger partial charge in [0.25, 0.3) is 0 Å². The molecule has 0 aromatic rings. The van der Waals surface area contributed by atoms with Crippen LogP contribution < -0.4 is 5.32 Å². The van der Waals surface area contributed by atoms with Gasteiger partial charge in [0.2, 0.25) is 0 Å². The van der Waals surface area contributed by atoms with Crippen molar-refractivity contribution in [2.24, 2.45) is 5.41 Å². The predicted octanol–water partition coefficient (Wildman–Crippen LogP) is 1.60. The van der Waals surface area contributed by atoms with Crippen LogP contribution in [0.25, 0.3) is 0 Å². The van der Waals surface area contributed by atoms with Gasteiger partial charge in [0.15, 0.2) is 0 Å². The molecule has 2 aliphatic heterocycles. The molecule has 0 bridgehead atoms. The van der Waals surface area contributed by atoms with Crippen LogP contribution in [0.2, 0.25) is 0 Å². The zero-order valence-corrected chi connectivity index (χ0v) is 8.60. The van der Waals surface area contributed by atoms with Gasteiger partial charge in [-0.3, -0.25) is 0 Å². The average Bonchev–Trinajstić information content (AvgIpc) is 2.51. The maximum absolute atomic E-state index is 4.03. The van der Waals surface area contributed by atoms with Crippen LogP contribution >= 0.6 is 0 Å². The molecule has 2 rings (SSSR count).